The Morgan fingerprint density at radius 1 is 2.00 bits per heavy atom. The van der Waals surface area contributed by atoms with E-state index in [0.717, 1.165) is 0 Å². The zero-order chi connectivity index (χ0) is 5.28. The number of hydrogen-bond donors (Lipinski definition) is 1. The average Bonchev–Trinajstić information content (AvgIpc) is 2.44. The lowest BCUT2D eigenvalue weighted by atomic mass is 10.3. The van der Waals surface area contributed by atoms with Crippen molar-refractivity contribution in [2.75, 3.05) is 6.61 Å². The van der Waals surface area contributed by atoms with Crippen LogP contribution in [0.5, 0.6) is 0 Å². The lowest BCUT2D eigenvalue weighted by molar-refractivity contribution is 0.186. The first-order valence-corrected chi connectivity index (χ1v) is 2.10. The molecule has 1 heterocycles. The molecule has 1 N–H and O–H groups in total. The summed E-state index contributed by atoms with van der Waals surface area (Å²) in [6.45, 7) is 0.616. The largest absolute Gasteiger partial charge is 0.378 e. The van der Waals surface area contributed by atoms with Gasteiger partial charge in [0.2, 0.25) is 0 Å². The van der Waals surface area contributed by atoms with E-state index in [1.54, 1.807) is 0 Å². The summed E-state index contributed by atoms with van der Waals surface area (Å²) in [5.41, 5.74) is 0. The van der Waals surface area contributed by atoms with Gasteiger partial charge in [0, 0.05) is 0 Å². The van der Waals surface area contributed by atoms with E-state index in [4.69, 9.17) is 11.5 Å². The van der Waals surface area contributed by atoms with Crippen LogP contribution in [0, 0.1) is 12.3 Å². The highest BCUT2D eigenvalue weighted by molar-refractivity contribution is 5.01. The third-order valence-electron chi connectivity index (χ3n) is 0.882. The van der Waals surface area contributed by atoms with Gasteiger partial charge in [-0.2, -0.15) is 0 Å². The number of terminal acetylenes is 1. The van der Waals surface area contributed by atoms with Crippen molar-refractivity contribution in [1.82, 2.24) is 0 Å². The normalized spacial score (nSPS) is 31.1. The maximum absolute atomic E-state index is 8.64. The molecule has 0 spiro atoms. The molecule has 1 rings (SSSR count). The number of aliphatic hydroxyl groups excluding tert-OH is 1. The second kappa shape index (κ2) is 1.53. The summed E-state index contributed by atoms with van der Waals surface area (Å²) < 4.78 is 4.67. The molecule has 0 aromatic rings. The standard InChI is InChI=1S/C5H6O2/c1-2-4(6)5-3-7-5/h1,4-6H,3H2. The molecule has 2 nitrogen and oxygen atoms in total. The molecule has 0 aromatic carbocycles. The maximum atomic E-state index is 8.64. The quantitative estimate of drug-likeness (QED) is 0.350. The molecule has 38 valence electrons. The molecule has 0 radical (unpaired) electrons. The molecular weight excluding hydrogens is 92.1 g/mol. The first-order valence-electron chi connectivity index (χ1n) is 2.10. The zero-order valence-corrected chi connectivity index (χ0v) is 3.79. The molecule has 0 bridgehead atoms. The number of hydrogen-bond acceptors (Lipinski definition) is 2. The molecule has 0 aromatic heterocycles. The van der Waals surface area contributed by atoms with Crippen LogP contribution in [0.3, 0.4) is 0 Å². The first kappa shape index (κ1) is 4.63. The molecule has 0 amide bonds. The van der Waals surface area contributed by atoms with E-state index in [2.05, 4.69) is 10.7 Å². The van der Waals surface area contributed by atoms with Gasteiger partial charge in [-0.05, 0) is 0 Å². The van der Waals surface area contributed by atoms with Crippen molar-refractivity contribution >= 4 is 0 Å². The fraction of sp³-hybridized carbons (Fsp3) is 0.600. The van der Waals surface area contributed by atoms with Crippen LogP contribution >= 0.6 is 0 Å². The predicted molar refractivity (Wildman–Crippen MR) is 24.6 cm³/mol. The second-order valence-corrected chi connectivity index (χ2v) is 1.48. The molecule has 2 unspecified atom stereocenters. The van der Waals surface area contributed by atoms with Crippen molar-refractivity contribution in [3.63, 3.8) is 0 Å². The van der Waals surface area contributed by atoms with Gasteiger partial charge in [-0.1, -0.05) is 5.92 Å². The molecule has 0 saturated carbocycles. The number of aliphatic hydroxyl groups is 1. The Kier molecular flexibility index (Phi) is 1.01. The summed E-state index contributed by atoms with van der Waals surface area (Å²) in [7, 11) is 0. The molecule has 1 saturated heterocycles. The Morgan fingerprint density at radius 2 is 2.57 bits per heavy atom. The van der Waals surface area contributed by atoms with Gasteiger partial charge in [0.15, 0.2) is 0 Å². The maximum Gasteiger partial charge on any atom is 0.142 e. The van der Waals surface area contributed by atoms with Gasteiger partial charge in [0.25, 0.3) is 0 Å². The Morgan fingerprint density at radius 3 is 2.71 bits per heavy atom. The topological polar surface area (TPSA) is 32.8 Å². The van der Waals surface area contributed by atoms with Crippen molar-refractivity contribution in [3.05, 3.63) is 0 Å². The van der Waals surface area contributed by atoms with Crippen molar-refractivity contribution in [1.29, 1.82) is 0 Å². The van der Waals surface area contributed by atoms with Crippen molar-refractivity contribution in [2.45, 2.75) is 12.2 Å². The summed E-state index contributed by atoms with van der Waals surface area (Å²) in [4.78, 5) is 0. The Bertz CT molecular complexity index is 99.1. The van der Waals surface area contributed by atoms with Gasteiger partial charge in [-0.25, -0.2) is 0 Å². The lowest BCUT2D eigenvalue weighted by Crippen LogP contribution is -2.10. The number of ether oxygens (including phenoxy) is 1. The summed E-state index contributed by atoms with van der Waals surface area (Å²) in [6.07, 6.45) is 4.09. The summed E-state index contributed by atoms with van der Waals surface area (Å²) in [5.74, 6) is 2.16. The second-order valence-electron chi connectivity index (χ2n) is 1.48. The fourth-order valence-corrected chi connectivity index (χ4v) is 0.345. The van der Waals surface area contributed by atoms with E-state index in [1.165, 1.54) is 0 Å². The zero-order valence-electron chi connectivity index (χ0n) is 3.79. The summed E-state index contributed by atoms with van der Waals surface area (Å²) >= 11 is 0. The van der Waals surface area contributed by atoms with Gasteiger partial charge < -0.3 is 9.84 Å². The molecule has 7 heavy (non-hydrogen) atoms. The van der Waals surface area contributed by atoms with Crippen LogP contribution in [0.2, 0.25) is 0 Å². The monoisotopic (exact) mass is 98.0 g/mol. The van der Waals surface area contributed by atoms with Gasteiger partial charge >= 0.3 is 0 Å². The van der Waals surface area contributed by atoms with Crippen molar-refractivity contribution < 1.29 is 9.84 Å². The molecule has 1 aliphatic heterocycles. The van der Waals surface area contributed by atoms with Crippen LogP contribution < -0.4 is 0 Å². The SMILES string of the molecule is C#CC(O)C1CO1. The van der Waals surface area contributed by atoms with Gasteiger partial charge in [0.05, 0.1) is 6.61 Å². The van der Waals surface area contributed by atoms with E-state index in [0.29, 0.717) is 6.61 Å². The molecule has 0 aliphatic carbocycles. The van der Waals surface area contributed by atoms with Crippen LogP contribution in [0.25, 0.3) is 0 Å². The Hall–Kier alpha value is -0.520. The highest BCUT2D eigenvalue weighted by atomic mass is 16.6. The van der Waals surface area contributed by atoms with Crippen LogP contribution in [-0.4, -0.2) is 23.9 Å². The molecule has 1 aliphatic rings. The number of rotatable bonds is 1. The number of epoxide rings is 1. The molecular formula is C5H6O2. The first-order chi connectivity index (χ1) is 3.34. The highest BCUT2D eigenvalue weighted by Gasteiger charge is 2.29. The van der Waals surface area contributed by atoms with E-state index in [9.17, 15) is 0 Å². The van der Waals surface area contributed by atoms with Gasteiger partial charge in [-0.3, -0.25) is 0 Å². The van der Waals surface area contributed by atoms with Crippen LogP contribution in [-0.2, 0) is 4.74 Å². The minimum atomic E-state index is -0.681. The minimum Gasteiger partial charge on any atom is -0.378 e. The average molecular weight is 98.1 g/mol. The van der Waals surface area contributed by atoms with E-state index >= 15 is 0 Å². The van der Waals surface area contributed by atoms with Crippen LogP contribution in [0.4, 0.5) is 0 Å². The van der Waals surface area contributed by atoms with Gasteiger partial charge in [-0.15, -0.1) is 6.42 Å². The third kappa shape index (κ3) is 0.923. The van der Waals surface area contributed by atoms with E-state index < -0.39 is 6.10 Å². The molecule has 1 fully saturated rings. The fourth-order valence-electron chi connectivity index (χ4n) is 0.345. The van der Waals surface area contributed by atoms with Crippen LogP contribution in [0.15, 0.2) is 0 Å². The van der Waals surface area contributed by atoms with Gasteiger partial charge in [0.1, 0.15) is 12.2 Å². The van der Waals surface area contributed by atoms with E-state index in [1.807, 2.05) is 0 Å². The summed E-state index contributed by atoms with van der Waals surface area (Å²) in [5, 5.41) is 8.64. The Labute approximate surface area is 42.1 Å². The molecule has 2 atom stereocenters. The van der Waals surface area contributed by atoms with Crippen LogP contribution in [0.1, 0.15) is 0 Å². The smallest absolute Gasteiger partial charge is 0.142 e. The van der Waals surface area contributed by atoms with Crippen molar-refractivity contribution in [2.24, 2.45) is 0 Å². The predicted octanol–water partition coefficient (Wildman–Crippen LogP) is -0.621. The minimum absolute atomic E-state index is 0.0648. The van der Waals surface area contributed by atoms with E-state index in [-0.39, 0.29) is 6.10 Å². The summed E-state index contributed by atoms with van der Waals surface area (Å²) in [6, 6.07) is 0. The van der Waals surface area contributed by atoms with Crippen molar-refractivity contribution in [3.8, 4) is 12.3 Å². The third-order valence-corrected chi connectivity index (χ3v) is 0.882. The highest BCUT2D eigenvalue weighted by Crippen LogP contribution is 2.12. The lowest BCUT2D eigenvalue weighted by Gasteiger charge is -1.90. The molecule has 2 heteroatoms. The Balaban J connectivity index is 2.27.